The average Bonchev–Trinajstić information content (AvgIpc) is 2.93. The number of hydrogen-bond acceptors (Lipinski definition) is 4. The van der Waals surface area contributed by atoms with E-state index in [-0.39, 0.29) is 0 Å². The molecular formula is C15H24N2O2. The van der Waals surface area contributed by atoms with Crippen LogP contribution in [0.25, 0.3) is 0 Å². The Morgan fingerprint density at radius 3 is 2.95 bits per heavy atom. The number of hydrogen-bond donors (Lipinski definition) is 1. The third-order valence-electron chi connectivity index (χ3n) is 3.68. The number of nitrogen functional groups attached to an aromatic ring is 1. The molecule has 1 fully saturated rings. The molecule has 106 valence electrons. The second-order valence-electron chi connectivity index (χ2n) is 5.03. The van der Waals surface area contributed by atoms with Crippen LogP contribution in [0.1, 0.15) is 25.3 Å². The fourth-order valence-corrected chi connectivity index (χ4v) is 2.47. The van der Waals surface area contributed by atoms with Gasteiger partial charge in [-0.15, -0.1) is 0 Å². The van der Waals surface area contributed by atoms with Crippen molar-refractivity contribution in [2.24, 2.45) is 0 Å². The highest BCUT2D eigenvalue weighted by molar-refractivity contribution is 5.50. The van der Waals surface area contributed by atoms with Gasteiger partial charge in [0.15, 0.2) is 0 Å². The molecule has 1 heterocycles. The molecule has 0 aromatic heterocycles. The molecule has 0 aliphatic carbocycles. The van der Waals surface area contributed by atoms with E-state index in [1.807, 2.05) is 18.2 Å². The van der Waals surface area contributed by atoms with Gasteiger partial charge in [0.2, 0.25) is 0 Å². The zero-order valence-electron chi connectivity index (χ0n) is 11.9. The normalized spacial score (nSPS) is 19.0. The standard InChI is InChI=1S/C15H24N2O2/c1-3-17(11-14-5-4-8-19-14)10-12-9-13(18-2)6-7-15(12)16/h6-7,9,14H,3-5,8,10-11,16H2,1-2H3. The highest BCUT2D eigenvalue weighted by Gasteiger charge is 2.19. The molecule has 4 heteroatoms. The fraction of sp³-hybridized carbons (Fsp3) is 0.600. The minimum Gasteiger partial charge on any atom is -0.497 e. The van der Waals surface area contributed by atoms with Crippen molar-refractivity contribution in [3.63, 3.8) is 0 Å². The smallest absolute Gasteiger partial charge is 0.119 e. The van der Waals surface area contributed by atoms with Gasteiger partial charge in [-0.05, 0) is 43.1 Å². The summed E-state index contributed by atoms with van der Waals surface area (Å²) in [5, 5.41) is 0. The van der Waals surface area contributed by atoms with Crippen molar-refractivity contribution in [2.45, 2.75) is 32.4 Å². The highest BCUT2D eigenvalue weighted by atomic mass is 16.5. The monoisotopic (exact) mass is 264 g/mol. The lowest BCUT2D eigenvalue weighted by Gasteiger charge is -2.24. The van der Waals surface area contributed by atoms with Crippen LogP contribution in [0.4, 0.5) is 5.69 Å². The maximum absolute atomic E-state index is 6.04. The van der Waals surface area contributed by atoms with Gasteiger partial charge in [-0.25, -0.2) is 0 Å². The average molecular weight is 264 g/mol. The van der Waals surface area contributed by atoms with Gasteiger partial charge in [0.05, 0.1) is 13.2 Å². The zero-order chi connectivity index (χ0) is 13.7. The van der Waals surface area contributed by atoms with E-state index in [0.29, 0.717) is 6.10 Å². The van der Waals surface area contributed by atoms with Gasteiger partial charge in [-0.3, -0.25) is 4.90 Å². The van der Waals surface area contributed by atoms with Crippen LogP contribution < -0.4 is 10.5 Å². The predicted octanol–water partition coefficient (Wildman–Crippen LogP) is 2.28. The number of benzene rings is 1. The number of nitrogens with two attached hydrogens (primary N) is 1. The molecule has 4 nitrogen and oxygen atoms in total. The number of likely N-dealkylation sites (N-methyl/N-ethyl adjacent to an activating group) is 1. The third kappa shape index (κ3) is 3.85. The molecule has 0 amide bonds. The first-order valence-corrected chi connectivity index (χ1v) is 6.99. The molecule has 1 aromatic rings. The maximum Gasteiger partial charge on any atom is 0.119 e. The summed E-state index contributed by atoms with van der Waals surface area (Å²) in [6, 6.07) is 5.83. The molecule has 19 heavy (non-hydrogen) atoms. The van der Waals surface area contributed by atoms with Gasteiger partial charge in [0, 0.05) is 25.4 Å². The van der Waals surface area contributed by atoms with Crippen LogP contribution >= 0.6 is 0 Å². The van der Waals surface area contributed by atoms with Crippen LogP contribution in [0.15, 0.2) is 18.2 Å². The van der Waals surface area contributed by atoms with E-state index in [4.69, 9.17) is 15.2 Å². The van der Waals surface area contributed by atoms with Crippen molar-refractivity contribution in [3.8, 4) is 5.75 Å². The molecule has 1 unspecified atom stereocenters. The topological polar surface area (TPSA) is 47.7 Å². The lowest BCUT2D eigenvalue weighted by Crippen LogP contribution is -2.31. The van der Waals surface area contributed by atoms with Gasteiger partial charge in [-0.2, -0.15) is 0 Å². The SMILES string of the molecule is CCN(Cc1cc(OC)ccc1N)CC1CCCO1. The number of anilines is 1. The fourth-order valence-electron chi connectivity index (χ4n) is 2.47. The largest absolute Gasteiger partial charge is 0.497 e. The van der Waals surface area contributed by atoms with Crippen molar-refractivity contribution < 1.29 is 9.47 Å². The van der Waals surface area contributed by atoms with Crippen molar-refractivity contribution in [2.75, 3.05) is 32.5 Å². The Bertz CT molecular complexity index is 403. The van der Waals surface area contributed by atoms with E-state index in [2.05, 4.69) is 11.8 Å². The maximum atomic E-state index is 6.04. The lowest BCUT2D eigenvalue weighted by molar-refractivity contribution is 0.0725. The van der Waals surface area contributed by atoms with Crippen LogP contribution in [0, 0.1) is 0 Å². The molecule has 0 saturated carbocycles. The minimum absolute atomic E-state index is 0.381. The molecule has 1 saturated heterocycles. The van der Waals surface area contributed by atoms with Gasteiger partial charge < -0.3 is 15.2 Å². The van der Waals surface area contributed by atoms with Crippen molar-refractivity contribution in [1.29, 1.82) is 0 Å². The van der Waals surface area contributed by atoms with Crippen LogP contribution in [0.2, 0.25) is 0 Å². The van der Waals surface area contributed by atoms with E-state index in [9.17, 15) is 0 Å². The Labute approximate surface area is 115 Å². The molecule has 2 N–H and O–H groups in total. The van der Waals surface area contributed by atoms with E-state index >= 15 is 0 Å². The number of methoxy groups -OCH3 is 1. The summed E-state index contributed by atoms with van der Waals surface area (Å²) in [4.78, 5) is 2.38. The number of ether oxygens (including phenoxy) is 2. The van der Waals surface area contributed by atoms with E-state index in [0.717, 1.165) is 43.2 Å². The Morgan fingerprint density at radius 1 is 1.47 bits per heavy atom. The Hall–Kier alpha value is -1.26. The first-order valence-electron chi connectivity index (χ1n) is 6.99. The minimum atomic E-state index is 0.381. The van der Waals surface area contributed by atoms with Gasteiger partial charge >= 0.3 is 0 Å². The van der Waals surface area contributed by atoms with Crippen molar-refractivity contribution in [1.82, 2.24) is 4.90 Å². The summed E-state index contributed by atoms with van der Waals surface area (Å²) in [5.74, 6) is 0.859. The second-order valence-corrected chi connectivity index (χ2v) is 5.03. The van der Waals surface area contributed by atoms with Gasteiger partial charge in [0.25, 0.3) is 0 Å². The van der Waals surface area contributed by atoms with Crippen molar-refractivity contribution in [3.05, 3.63) is 23.8 Å². The third-order valence-corrected chi connectivity index (χ3v) is 3.68. The molecule has 1 atom stereocenters. The van der Waals surface area contributed by atoms with Crippen LogP contribution in [0.5, 0.6) is 5.75 Å². The van der Waals surface area contributed by atoms with E-state index in [1.165, 1.54) is 12.8 Å². The van der Waals surface area contributed by atoms with E-state index in [1.54, 1.807) is 7.11 Å². The lowest BCUT2D eigenvalue weighted by atomic mass is 10.1. The molecule has 0 spiro atoms. The molecule has 0 radical (unpaired) electrons. The number of rotatable bonds is 6. The Balaban J connectivity index is 2.00. The summed E-state index contributed by atoms with van der Waals surface area (Å²) in [5.41, 5.74) is 7.99. The van der Waals surface area contributed by atoms with Gasteiger partial charge in [-0.1, -0.05) is 6.92 Å². The van der Waals surface area contributed by atoms with Gasteiger partial charge in [0.1, 0.15) is 5.75 Å². The number of nitrogens with zero attached hydrogens (tertiary/aromatic N) is 1. The van der Waals surface area contributed by atoms with Crippen LogP contribution in [-0.2, 0) is 11.3 Å². The zero-order valence-corrected chi connectivity index (χ0v) is 11.9. The molecule has 0 bridgehead atoms. The van der Waals surface area contributed by atoms with Crippen LogP contribution in [0.3, 0.4) is 0 Å². The predicted molar refractivity (Wildman–Crippen MR) is 77.3 cm³/mol. The second kappa shape index (κ2) is 6.78. The summed E-state index contributed by atoms with van der Waals surface area (Å²) in [7, 11) is 1.68. The summed E-state index contributed by atoms with van der Waals surface area (Å²) in [6.45, 7) is 5.90. The quantitative estimate of drug-likeness (QED) is 0.801. The summed E-state index contributed by atoms with van der Waals surface area (Å²) >= 11 is 0. The first kappa shape index (κ1) is 14.2. The Morgan fingerprint density at radius 2 is 2.32 bits per heavy atom. The molecule has 2 rings (SSSR count). The van der Waals surface area contributed by atoms with Crippen LogP contribution in [-0.4, -0.2) is 37.8 Å². The molecule has 1 aliphatic heterocycles. The van der Waals surface area contributed by atoms with Crippen molar-refractivity contribution >= 4 is 5.69 Å². The summed E-state index contributed by atoms with van der Waals surface area (Å²) in [6.07, 6.45) is 2.74. The molecular weight excluding hydrogens is 240 g/mol. The summed E-state index contributed by atoms with van der Waals surface area (Å²) < 4.78 is 11.0. The first-order chi connectivity index (χ1) is 9.22. The molecule has 1 aromatic carbocycles. The Kier molecular flexibility index (Phi) is 5.05. The van der Waals surface area contributed by atoms with E-state index < -0.39 is 0 Å². The molecule has 1 aliphatic rings. The highest BCUT2D eigenvalue weighted by Crippen LogP contribution is 2.22.